The van der Waals surface area contributed by atoms with Crippen LogP contribution in [-0.2, 0) is 0 Å². The van der Waals surface area contributed by atoms with Crippen LogP contribution >= 0.6 is 0 Å². The molecule has 5 nitrogen and oxygen atoms in total. The number of benzene rings is 3. The maximum Gasteiger partial charge on any atom is 0.240 e. The van der Waals surface area contributed by atoms with Gasteiger partial charge < -0.3 is 14.9 Å². The van der Waals surface area contributed by atoms with Gasteiger partial charge in [0.25, 0.3) is 0 Å². The van der Waals surface area contributed by atoms with E-state index < -0.39 is 23.2 Å². The SMILES string of the molecule is COc1ccc(C(=O)c2c(O)c(O)n(-c3ccc(F)cc3)c2-c2ccccc2)cc1. The average Bonchev–Trinajstić information content (AvgIpc) is 3.05. The number of aromatic nitrogens is 1. The van der Waals surface area contributed by atoms with Crippen LogP contribution in [-0.4, -0.2) is 27.7 Å². The molecule has 0 saturated carbocycles. The van der Waals surface area contributed by atoms with Gasteiger partial charge in [0, 0.05) is 11.3 Å². The Bertz CT molecular complexity index is 1200. The van der Waals surface area contributed by atoms with Crippen LogP contribution < -0.4 is 4.74 Å². The highest BCUT2D eigenvalue weighted by atomic mass is 19.1. The van der Waals surface area contributed by atoms with Crippen molar-refractivity contribution in [2.45, 2.75) is 0 Å². The van der Waals surface area contributed by atoms with Gasteiger partial charge in [0.15, 0.2) is 11.5 Å². The summed E-state index contributed by atoms with van der Waals surface area (Å²) in [4.78, 5) is 13.3. The van der Waals surface area contributed by atoms with Crippen molar-refractivity contribution in [2.24, 2.45) is 0 Å². The van der Waals surface area contributed by atoms with Gasteiger partial charge in [-0.2, -0.15) is 0 Å². The van der Waals surface area contributed by atoms with E-state index in [-0.39, 0.29) is 5.56 Å². The summed E-state index contributed by atoms with van der Waals surface area (Å²) in [5.74, 6) is -1.36. The lowest BCUT2D eigenvalue weighted by Crippen LogP contribution is -2.05. The van der Waals surface area contributed by atoms with Crippen molar-refractivity contribution in [3.05, 3.63) is 95.8 Å². The van der Waals surface area contributed by atoms with Crippen molar-refractivity contribution in [1.82, 2.24) is 4.57 Å². The van der Waals surface area contributed by atoms with Gasteiger partial charge in [-0.05, 0) is 54.1 Å². The van der Waals surface area contributed by atoms with Crippen LogP contribution in [0.4, 0.5) is 4.39 Å². The predicted octanol–water partition coefficient (Wildman–Crippen LogP) is 4.93. The van der Waals surface area contributed by atoms with E-state index in [2.05, 4.69) is 0 Å². The summed E-state index contributed by atoms with van der Waals surface area (Å²) in [6.07, 6.45) is 0. The summed E-state index contributed by atoms with van der Waals surface area (Å²) in [7, 11) is 1.52. The number of aromatic hydroxyl groups is 2. The van der Waals surface area contributed by atoms with Crippen molar-refractivity contribution in [3.63, 3.8) is 0 Å². The number of ketones is 1. The molecule has 1 heterocycles. The van der Waals surface area contributed by atoms with E-state index >= 15 is 0 Å². The molecule has 0 spiro atoms. The van der Waals surface area contributed by atoms with E-state index in [1.54, 1.807) is 48.5 Å². The van der Waals surface area contributed by atoms with Crippen molar-refractivity contribution in [1.29, 1.82) is 0 Å². The molecule has 30 heavy (non-hydrogen) atoms. The highest BCUT2D eigenvalue weighted by molar-refractivity contribution is 6.15. The Balaban J connectivity index is 1.97. The van der Waals surface area contributed by atoms with Gasteiger partial charge in [-0.1, -0.05) is 30.3 Å². The first kappa shape index (κ1) is 19.3. The number of nitrogens with zero attached hydrogens (tertiary/aromatic N) is 1. The summed E-state index contributed by atoms with van der Waals surface area (Å²) in [5, 5.41) is 21.4. The number of ether oxygens (including phenoxy) is 1. The molecule has 0 unspecified atom stereocenters. The van der Waals surface area contributed by atoms with E-state index in [0.29, 0.717) is 28.3 Å². The van der Waals surface area contributed by atoms with Crippen molar-refractivity contribution in [2.75, 3.05) is 7.11 Å². The topological polar surface area (TPSA) is 71.7 Å². The molecule has 0 aliphatic heterocycles. The first-order chi connectivity index (χ1) is 14.5. The van der Waals surface area contributed by atoms with Crippen LogP contribution in [0.2, 0.25) is 0 Å². The Morgan fingerprint density at radius 3 is 2.13 bits per heavy atom. The van der Waals surface area contributed by atoms with Crippen LogP contribution in [0, 0.1) is 5.82 Å². The molecule has 4 aromatic rings. The van der Waals surface area contributed by atoms with Gasteiger partial charge in [-0.25, -0.2) is 4.39 Å². The number of carbonyl (C=O) groups is 1. The molecule has 1 aromatic heterocycles. The molecule has 2 N–H and O–H groups in total. The van der Waals surface area contributed by atoms with E-state index in [0.717, 1.165) is 0 Å². The molecule has 0 fully saturated rings. The average molecular weight is 403 g/mol. The molecule has 3 aromatic carbocycles. The summed E-state index contributed by atoms with van der Waals surface area (Å²) in [6.45, 7) is 0. The molecule has 150 valence electrons. The molecular weight excluding hydrogens is 385 g/mol. The largest absolute Gasteiger partial charge is 0.503 e. The third kappa shape index (κ3) is 3.28. The normalized spacial score (nSPS) is 10.7. The second-order valence-electron chi connectivity index (χ2n) is 6.63. The van der Waals surface area contributed by atoms with Gasteiger partial charge in [0.1, 0.15) is 11.6 Å². The standard InChI is InChI=1S/C24H18FNO4/c1-30-19-13-7-16(8-14-19)22(27)20-21(15-5-3-2-4-6-15)26(24(29)23(20)28)18-11-9-17(25)10-12-18/h2-14,28-29H,1H3. The van der Waals surface area contributed by atoms with E-state index in [9.17, 15) is 19.4 Å². The molecule has 0 saturated heterocycles. The fourth-order valence-corrected chi connectivity index (χ4v) is 3.36. The van der Waals surface area contributed by atoms with Crippen LogP contribution in [0.15, 0.2) is 78.9 Å². The van der Waals surface area contributed by atoms with Crippen LogP contribution in [0.25, 0.3) is 16.9 Å². The lowest BCUT2D eigenvalue weighted by Gasteiger charge is -2.12. The lowest BCUT2D eigenvalue weighted by atomic mass is 9.99. The maximum absolute atomic E-state index is 13.4. The Morgan fingerprint density at radius 1 is 0.900 bits per heavy atom. The second-order valence-corrected chi connectivity index (χ2v) is 6.63. The summed E-state index contributed by atoms with van der Waals surface area (Å²) in [6, 6.07) is 20.8. The minimum absolute atomic E-state index is 0.0480. The quantitative estimate of drug-likeness (QED) is 0.463. The Hall–Kier alpha value is -4.06. The Labute approximate surface area is 172 Å². The number of carbonyl (C=O) groups excluding carboxylic acids is 1. The third-order valence-corrected chi connectivity index (χ3v) is 4.83. The highest BCUT2D eigenvalue weighted by Gasteiger charge is 2.29. The fourth-order valence-electron chi connectivity index (χ4n) is 3.36. The number of rotatable bonds is 5. The Morgan fingerprint density at radius 2 is 1.53 bits per heavy atom. The summed E-state index contributed by atoms with van der Waals surface area (Å²) >= 11 is 0. The first-order valence-electron chi connectivity index (χ1n) is 9.18. The van der Waals surface area contributed by atoms with E-state index in [4.69, 9.17) is 4.74 Å². The molecule has 6 heteroatoms. The van der Waals surface area contributed by atoms with Crippen molar-refractivity contribution >= 4 is 5.78 Å². The molecule has 0 aliphatic rings. The van der Waals surface area contributed by atoms with Crippen LogP contribution in [0.3, 0.4) is 0 Å². The highest BCUT2D eigenvalue weighted by Crippen LogP contribution is 2.44. The van der Waals surface area contributed by atoms with Crippen molar-refractivity contribution in [3.8, 4) is 34.3 Å². The summed E-state index contributed by atoms with van der Waals surface area (Å²) in [5.41, 5.74) is 1.58. The number of hydrogen-bond donors (Lipinski definition) is 2. The lowest BCUT2D eigenvalue weighted by molar-refractivity contribution is 0.103. The first-order valence-corrected chi connectivity index (χ1v) is 9.18. The van der Waals surface area contributed by atoms with Gasteiger partial charge in [0.2, 0.25) is 5.88 Å². The molecule has 0 aliphatic carbocycles. The minimum Gasteiger partial charge on any atom is -0.503 e. The number of hydrogen-bond acceptors (Lipinski definition) is 4. The smallest absolute Gasteiger partial charge is 0.240 e. The zero-order valence-corrected chi connectivity index (χ0v) is 16.0. The van der Waals surface area contributed by atoms with E-state index in [1.807, 2.05) is 6.07 Å². The van der Waals surface area contributed by atoms with Gasteiger partial charge in [-0.3, -0.25) is 9.36 Å². The second kappa shape index (κ2) is 7.75. The molecule has 4 rings (SSSR count). The van der Waals surface area contributed by atoms with Gasteiger partial charge in [-0.15, -0.1) is 0 Å². The summed E-state index contributed by atoms with van der Waals surface area (Å²) < 4.78 is 19.9. The van der Waals surface area contributed by atoms with Gasteiger partial charge in [0.05, 0.1) is 18.4 Å². The molecule has 0 atom stereocenters. The zero-order chi connectivity index (χ0) is 21.3. The zero-order valence-electron chi connectivity index (χ0n) is 16.0. The third-order valence-electron chi connectivity index (χ3n) is 4.83. The van der Waals surface area contributed by atoms with Crippen molar-refractivity contribution < 1.29 is 24.1 Å². The predicted molar refractivity (Wildman–Crippen MR) is 111 cm³/mol. The van der Waals surface area contributed by atoms with Gasteiger partial charge >= 0.3 is 0 Å². The van der Waals surface area contributed by atoms with Crippen LogP contribution in [0.1, 0.15) is 15.9 Å². The minimum atomic E-state index is -0.543. The molecular formula is C24H18FNO4. The monoisotopic (exact) mass is 403 g/mol. The van der Waals surface area contributed by atoms with E-state index in [1.165, 1.54) is 35.9 Å². The fraction of sp³-hybridized carbons (Fsp3) is 0.0417. The maximum atomic E-state index is 13.4. The molecule has 0 radical (unpaired) electrons. The van der Waals surface area contributed by atoms with Crippen LogP contribution in [0.5, 0.6) is 17.4 Å². The number of methoxy groups -OCH3 is 1. The molecule has 0 amide bonds. The molecule has 0 bridgehead atoms. The Kier molecular flexibility index (Phi) is 4.98. The number of halogens is 1.